The Bertz CT molecular complexity index is 1980. The maximum absolute atomic E-state index is 6.51. The summed E-state index contributed by atoms with van der Waals surface area (Å²) in [4.78, 5) is 0. The predicted octanol–water partition coefficient (Wildman–Crippen LogP) is 10.1. The third-order valence-electron chi connectivity index (χ3n) is 9.65. The van der Waals surface area contributed by atoms with Crippen molar-refractivity contribution in [3.05, 3.63) is 115 Å². The van der Waals surface area contributed by atoms with Gasteiger partial charge in [-0.2, -0.15) is 0 Å². The smallest absolute Gasteiger partial charge is 0.399 e. The second-order valence-corrected chi connectivity index (χ2v) is 14.1. The molecule has 1 saturated heterocycles. The normalized spacial score (nSPS) is 16.4. The highest BCUT2D eigenvalue weighted by atomic mass is 16.7. The fourth-order valence-electron chi connectivity index (χ4n) is 6.37. The quantitative estimate of drug-likeness (QED) is 0.158. The summed E-state index contributed by atoms with van der Waals surface area (Å²) in [5.74, 6) is 0. The molecule has 0 saturated carbocycles. The van der Waals surface area contributed by atoms with Crippen molar-refractivity contribution in [1.82, 2.24) is 0 Å². The van der Waals surface area contributed by atoms with E-state index in [2.05, 4.69) is 158 Å². The molecule has 0 radical (unpaired) electrons. The highest BCUT2D eigenvalue weighted by Gasteiger charge is 2.51. The zero-order chi connectivity index (χ0) is 30.1. The van der Waals surface area contributed by atoms with Crippen LogP contribution in [0.25, 0.3) is 54.6 Å². The van der Waals surface area contributed by atoms with Crippen LogP contribution in [-0.4, -0.2) is 18.3 Å². The summed E-state index contributed by atoms with van der Waals surface area (Å²) in [6.07, 6.45) is 0. The molecule has 1 aliphatic rings. The maximum atomic E-state index is 6.51. The van der Waals surface area contributed by atoms with Gasteiger partial charge in [0.05, 0.1) is 11.2 Å². The Morgan fingerprint density at radius 3 is 1.53 bits per heavy atom. The van der Waals surface area contributed by atoms with Crippen LogP contribution in [0.15, 0.2) is 109 Å². The van der Waals surface area contributed by atoms with Crippen LogP contribution in [-0.2, 0) is 14.7 Å². The Hall–Kier alpha value is -3.92. The minimum Gasteiger partial charge on any atom is -0.399 e. The molecule has 0 N–H and O–H groups in total. The summed E-state index contributed by atoms with van der Waals surface area (Å²) >= 11 is 0. The lowest BCUT2D eigenvalue weighted by atomic mass is 9.76. The van der Waals surface area contributed by atoms with E-state index < -0.39 is 18.3 Å². The van der Waals surface area contributed by atoms with Gasteiger partial charge in [-0.05, 0) is 117 Å². The molecule has 2 nitrogen and oxygen atoms in total. The molecule has 7 rings (SSSR count). The maximum Gasteiger partial charge on any atom is 0.494 e. The third-order valence-corrected chi connectivity index (χ3v) is 9.65. The van der Waals surface area contributed by atoms with Gasteiger partial charge in [0.2, 0.25) is 0 Å². The molecule has 214 valence electrons. The van der Waals surface area contributed by atoms with Gasteiger partial charge in [-0.15, -0.1) is 0 Å². The van der Waals surface area contributed by atoms with Crippen LogP contribution in [0.3, 0.4) is 0 Å². The van der Waals surface area contributed by atoms with Gasteiger partial charge in [0, 0.05) is 0 Å². The molecule has 0 atom stereocenters. The first kappa shape index (κ1) is 27.9. The molecule has 1 aliphatic heterocycles. The summed E-state index contributed by atoms with van der Waals surface area (Å²) < 4.78 is 13.0. The van der Waals surface area contributed by atoms with E-state index in [0.29, 0.717) is 0 Å². The summed E-state index contributed by atoms with van der Waals surface area (Å²) in [6, 6.07) is 40.1. The molecule has 0 amide bonds. The van der Waals surface area contributed by atoms with E-state index in [-0.39, 0.29) is 5.41 Å². The van der Waals surface area contributed by atoms with Crippen LogP contribution in [0, 0.1) is 0 Å². The lowest BCUT2D eigenvalue weighted by molar-refractivity contribution is 0.00578. The second-order valence-electron chi connectivity index (χ2n) is 14.1. The van der Waals surface area contributed by atoms with Crippen molar-refractivity contribution >= 4 is 44.9 Å². The zero-order valence-electron chi connectivity index (χ0n) is 26.3. The van der Waals surface area contributed by atoms with E-state index >= 15 is 0 Å². The van der Waals surface area contributed by atoms with Crippen LogP contribution < -0.4 is 5.46 Å². The molecule has 0 spiro atoms. The van der Waals surface area contributed by atoms with E-state index in [1.54, 1.807) is 0 Å². The molecule has 43 heavy (non-hydrogen) atoms. The van der Waals surface area contributed by atoms with Crippen molar-refractivity contribution in [2.75, 3.05) is 0 Å². The van der Waals surface area contributed by atoms with Crippen molar-refractivity contribution in [1.29, 1.82) is 0 Å². The Balaban J connectivity index is 1.59. The zero-order valence-corrected chi connectivity index (χ0v) is 26.3. The van der Waals surface area contributed by atoms with E-state index in [0.717, 1.165) is 5.46 Å². The number of hydrogen-bond acceptors (Lipinski definition) is 2. The van der Waals surface area contributed by atoms with Crippen molar-refractivity contribution in [2.45, 2.75) is 65.1 Å². The molecule has 6 aromatic rings. The molecular formula is C40H39BO2. The number of fused-ring (bicyclic) bond motifs is 5. The highest BCUT2D eigenvalue weighted by Crippen LogP contribution is 2.43. The Morgan fingerprint density at radius 2 is 0.977 bits per heavy atom. The van der Waals surface area contributed by atoms with Crippen LogP contribution in [0.1, 0.15) is 54.0 Å². The van der Waals surface area contributed by atoms with Crippen LogP contribution in [0.2, 0.25) is 0 Å². The van der Waals surface area contributed by atoms with Gasteiger partial charge in [0.1, 0.15) is 0 Å². The highest BCUT2D eigenvalue weighted by molar-refractivity contribution is 6.62. The van der Waals surface area contributed by atoms with Crippen molar-refractivity contribution in [3.63, 3.8) is 0 Å². The lowest BCUT2D eigenvalue weighted by Gasteiger charge is -2.32. The van der Waals surface area contributed by atoms with Gasteiger partial charge in [0.25, 0.3) is 0 Å². The van der Waals surface area contributed by atoms with E-state index in [4.69, 9.17) is 9.31 Å². The summed E-state index contributed by atoms with van der Waals surface area (Å²) in [5, 5.41) is 7.48. The van der Waals surface area contributed by atoms with Gasteiger partial charge >= 0.3 is 7.12 Å². The largest absolute Gasteiger partial charge is 0.494 e. The Morgan fingerprint density at radius 1 is 0.488 bits per heavy atom. The van der Waals surface area contributed by atoms with E-state index in [9.17, 15) is 0 Å². The SMILES string of the molecule is CC(C)(C)c1ccc2c(c1)c(-c1ccccc1)cc1c3cc(B4OC(C)(C)C(C)(C)O4)ccc3c(-c3ccccc3)cc21. The average molecular weight is 563 g/mol. The van der Waals surface area contributed by atoms with Gasteiger partial charge in [-0.1, -0.05) is 112 Å². The first-order valence-corrected chi connectivity index (χ1v) is 15.4. The molecule has 0 unspecified atom stereocenters. The molecule has 0 aliphatic carbocycles. The minimum absolute atomic E-state index is 0.0490. The van der Waals surface area contributed by atoms with E-state index in [1.165, 1.54) is 60.1 Å². The standard InChI is InChI=1S/C40H39BO2/c1-38(2,3)28-18-20-31-34(22-28)33(27-16-12-9-13-17-27)25-37-35-23-29(41-42-39(4,5)40(6,7)43-41)19-21-30(35)32(24-36(31)37)26-14-10-8-11-15-26/h8-25H,1-7H3. The van der Waals surface area contributed by atoms with Crippen LogP contribution >= 0.6 is 0 Å². The molecule has 0 bridgehead atoms. The molecule has 1 heterocycles. The summed E-state index contributed by atoms with van der Waals surface area (Å²) in [6.45, 7) is 15.3. The van der Waals surface area contributed by atoms with E-state index in [1.807, 2.05) is 0 Å². The fourth-order valence-corrected chi connectivity index (χ4v) is 6.37. The van der Waals surface area contributed by atoms with Gasteiger partial charge in [-0.3, -0.25) is 0 Å². The monoisotopic (exact) mass is 562 g/mol. The molecule has 6 aromatic carbocycles. The van der Waals surface area contributed by atoms with Crippen molar-refractivity contribution in [2.24, 2.45) is 0 Å². The first-order chi connectivity index (χ1) is 20.4. The predicted molar refractivity (Wildman–Crippen MR) is 184 cm³/mol. The van der Waals surface area contributed by atoms with Gasteiger partial charge in [0.15, 0.2) is 0 Å². The number of rotatable bonds is 3. The van der Waals surface area contributed by atoms with Crippen molar-refractivity contribution < 1.29 is 9.31 Å². The number of benzene rings is 6. The molecule has 1 fully saturated rings. The van der Waals surface area contributed by atoms with Crippen LogP contribution in [0.4, 0.5) is 0 Å². The lowest BCUT2D eigenvalue weighted by Crippen LogP contribution is -2.41. The number of hydrogen-bond donors (Lipinski definition) is 0. The second kappa shape index (κ2) is 9.81. The molecular weight excluding hydrogens is 523 g/mol. The third kappa shape index (κ3) is 4.67. The first-order valence-electron chi connectivity index (χ1n) is 15.4. The van der Waals surface area contributed by atoms with Gasteiger partial charge < -0.3 is 9.31 Å². The Labute approximate surface area is 255 Å². The topological polar surface area (TPSA) is 18.5 Å². The summed E-state index contributed by atoms with van der Waals surface area (Å²) in [7, 11) is -0.423. The van der Waals surface area contributed by atoms with Crippen LogP contribution in [0.5, 0.6) is 0 Å². The average Bonchev–Trinajstić information content (AvgIpc) is 3.22. The summed E-state index contributed by atoms with van der Waals surface area (Å²) in [5.41, 5.74) is 6.55. The molecule has 0 aromatic heterocycles. The van der Waals surface area contributed by atoms with Gasteiger partial charge in [-0.25, -0.2) is 0 Å². The molecule has 3 heteroatoms. The minimum atomic E-state index is -0.423. The fraction of sp³-hybridized carbons (Fsp3) is 0.250. The van der Waals surface area contributed by atoms with Crippen molar-refractivity contribution in [3.8, 4) is 22.3 Å². The Kier molecular flexibility index (Phi) is 6.36.